The Morgan fingerprint density at radius 3 is 2.60 bits per heavy atom. The van der Waals surface area contributed by atoms with Crippen LogP contribution in [0.15, 0.2) is 6.07 Å². The monoisotopic (exact) mass is 279 g/mol. The van der Waals surface area contributed by atoms with E-state index in [1.165, 1.54) is 38.5 Å². The van der Waals surface area contributed by atoms with Gasteiger partial charge in [0.05, 0.1) is 6.61 Å². The van der Waals surface area contributed by atoms with Crippen molar-refractivity contribution in [2.75, 3.05) is 25.6 Å². The first-order chi connectivity index (χ1) is 9.78. The molecule has 1 heterocycles. The second kappa shape index (κ2) is 8.04. The molecule has 0 aliphatic heterocycles. The number of rotatable bonds is 6. The van der Waals surface area contributed by atoms with Gasteiger partial charge in [0.1, 0.15) is 18.2 Å². The Morgan fingerprint density at radius 1 is 1.15 bits per heavy atom. The third-order valence-corrected chi connectivity index (χ3v) is 3.56. The first kappa shape index (κ1) is 15.0. The van der Waals surface area contributed by atoms with Crippen molar-refractivity contribution in [2.24, 2.45) is 0 Å². The van der Waals surface area contributed by atoms with Crippen molar-refractivity contribution in [3.8, 4) is 5.88 Å². The number of aromatic nitrogens is 2. The number of anilines is 1. The average Bonchev–Trinajstić information content (AvgIpc) is 2.67. The molecule has 0 amide bonds. The van der Waals surface area contributed by atoms with Crippen LogP contribution in [-0.4, -0.2) is 36.3 Å². The fraction of sp³-hybridized carbons (Fsp3) is 0.733. The van der Waals surface area contributed by atoms with Crippen LogP contribution < -0.4 is 10.1 Å². The lowest BCUT2D eigenvalue weighted by Gasteiger charge is -2.17. The number of ether oxygens (including phenoxy) is 2. The Hall–Kier alpha value is -1.36. The van der Waals surface area contributed by atoms with Crippen molar-refractivity contribution in [1.29, 1.82) is 0 Å². The molecular formula is C15H25N3O2. The van der Waals surface area contributed by atoms with Gasteiger partial charge < -0.3 is 14.8 Å². The van der Waals surface area contributed by atoms with Crippen LogP contribution in [0.5, 0.6) is 5.88 Å². The van der Waals surface area contributed by atoms with Gasteiger partial charge in [0.25, 0.3) is 0 Å². The van der Waals surface area contributed by atoms with Crippen LogP contribution in [0.4, 0.5) is 5.82 Å². The van der Waals surface area contributed by atoms with Gasteiger partial charge >= 0.3 is 0 Å². The van der Waals surface area contributed by atoms with E-state index in [4.69, 9.17) is 9.47 Å². The van der Waals surface area contributed by atoms with Gasteiger partial charge in [-0.1, -0.05) is 25.7 Å². The van der Waals surface area contributed by atoms with Crippen LogP contribution in [0, 0.1) is 6.92 Å². The largest absolute Gasteiger partial charge is 0.475 e. The molecule has 1 aromatic heterocycles. The minimum absolute atomic E-state index is 0.510. The molecule has 0 unspecified atom stereocenters. The Morgan fingerprint density at radius 2 is 1.90 bits per heavy atom. The highest BCUT2D eigenvalue weighted by Crippen LogP contribution is 2.21. The standard InChI is InChI=1S/C15H25N3O2/c1-12-16-14(11-15(17-12)20-10-9-19-2)18-13-7-5-3-4-6-8-13/h11,13H,3-10H2,1-2H3,(H,16,17,18). The number of hydrogen-bond donors (Lipinski definition) is 1. The zero-order chi connectivity index (χ0) is 14.2. The van der Waals surface area contributed by atoms with Crippen LogP contribution in [0.2, 0.25) is 0 Å². The molecule has 2 rings (SSSR count). The molecule has 0 saturated heterocycles. The molecule has 20 heavy (non-hydrogen) atoms. The second-order valence-corrected chi connectivity index (χ2v) is 5.31. The summed E-state index contributed by atoms with van der Waals surface area (Å²) in [5.41, 5.74) is 0. The summed E-state index contributed by atoms with van der Waals surface area (Å²) in [4.78, 5) is 8.74. The highest BCUT2D eigenvalue weighted by molar-refractivity contribution is 5.39. The van der Waals surface area contributed by atoms with Gasteiger partial charge in [-0.05, 0) is 19.8 Å². The summed E-state index contributed by atoms with van der Waals surface area (Å²) in [6.45, 7) is 2.96. The van der Waals surface area contributed by atoms with Crippen molar-refractivity contribution < 1.29 is 9.47 Å². The molecule has 1 aliphatic carbocycles. The van der Waals surface area contributed by atoms with Gasteiger partial charge in [0.15, 0.2) is 0 Å². The highest BCUT2D eigenvalue weighted by atomic mass is 16.5. The zero-order valence-corrected chi connectivity index (χ0v) is 12.5. The van der Waals surface area contributed by atoms with Gasteiger partial charge in [-0.3, -0.25) is 0 Å². The maximum Gasteiger partial charge on any atom is 0.218 e. The van der Waals surface area contributed by atoms with Crippen molar-refractivity contribution in [3.05, 3.63) is 11.9 Å². The summed E-state index contributed by atoms with van der Waals surface area (Å²) >= 11 is 0. The molecular weight excluding hydrogens is 254 g/mol. The molecule has 0 aromatic carbocycles. The van der Waals surface area contributed by atoms with Crippen molar-refractivity contribution >= 4 is 5.82 Å². The van der Waals surface area contributed by atoms with Crippen molar-refractivity contribution in [1.82, 2.24) is 9.97 Å². The maximum atomic E-state index is 5.57. The van der Waals surface area contributed by atoms with Crippen molar-refractivity contribution in [2.45, 2.75) is 51.5 Å². The Labute approximate surface area is 121 Å². The van der Waals surface area contributed by atoms with Crippen LogP contribution in [0.1, 0.15) is 44.3 Å². The summed E-state index contributed by atoms with van der Waals surface area (Å²) in [5, 5.41) is 3.53. The predicted molar refractivity (Wildman–Crippen MR) is 79.3 cm³/mol. The molecule has 5 heteroatoms. The summed E-state index contributed by atoms with van der Waals surface area (Å²) in [5.74, 6) is 2.22. The number of aryl methyl sites for hydroxylation is 1. The molecule has 1 saturated carbocycles. The summed E-state index contributed by atoms with van der Waals surface area (Å²) < 4.78 is 10.5. The second-order valence-electron chi connectivity index (χ2n) is 5.31. The molecule has 1 fully saturated rings. The van der Waals surface area contributed by atoms with Crippen LogP contribution in [-0.2, 0) is 4.74 Å². The van der Waals surface area contributed by atoms with E-state index >= 15 is 0 Å². The number of hydrogen-bond acceptors (Lipinski definition) is 5. The van der Waals surface area contributed by atoms with E-state index < -0.39 is 0 Å². The Bertz CT molecular complexity index is 404. The highest BCUT2D eigenvalue weighted by Gasteiger charge is 2.13. The molecule has 112 valence electrons. The third kappa shape index (κ3) is 4.96. The lowest BCUT2D eigenvalue weighted by Crippen LogP contribution is -2.19. The quantitative estimate of drug-likeness (QED) is 0.641. The van der Waals surface area contributed by atoms with E-state index in [-0.39, 0.29) is 0 Å². The number of nitrogens with one attached hydrogen (secondary N) is 1. The van der Waals surface area contributed by atoms with Gasteiger partial charge in [-0.15, -0.1) is 0 Å². The van der Waals surface area contributed by atoms with Crippen molar-refractivity contribution in [3.63, 3.8) is 0 Å². The molecule has 0 bridgehead atoms. The summed E-state index contributed by atoms with van der Waals surface area (Å²) in [7, 11) is 1.66. The zero-order valence-electron chi connectivity index (χ0n) is 12.5. The van der Waals surface area contributed by atoms with Crippen LogP contribution in [0.25, 0.3) is 0 Å². The van der Waals surface area contributed by atoms with E-state index in [9.17, 15) is 0 Å². The molecule has 0 atom stereocenters. The van der Waals surface area contributed by atoms with Gasteiger partial charge in [-0.2, -0.15) is 4.98 Å². The SMILES string of the molecule is COCCOc1cc(NC2CCCCCC2)nc(C)n1. The minimum atomic E-state index is 0.510. The molecule has 0 spiro atoms. The topological polar surface area (TPSA) is 56.3 Å². The fourth-order valence-corrected chi connectivity index (χ4v) is 2.55. The first-order valence-corrected chi connectivity index (χ1v) is 7.52. The molecule has 5 nitrogen and oxygen atoms in total. The molecule has 1 aliphatic rings. The van der Waals surface area contributed by atoms with E-state index in [1.54, 1.807) is 7.11 Å². The van der Waals surface area contributed by atoms with Gasteiger partial charge in [0, 0.05) is 19.2 Å². The fourth-order valence-electron chi connectivity index (χ4n) is 2.55. The molecule has 1 aromatic rings. The van der Waals surface area contributed by atoms with Gasteiger partial charge in [0.2, 0.25) is 5.88 Å². The number of nitrogens with zero attached hydrogens (tertiary/aromatic N) is 2. The van der Waals surface area contributed by atoms with E-state index in [0.29, 0.717) is 25.1 Å². The van der Waals surface area contributed by atoms with E-state index in [2.05, 4.69) is 15.3 Å². The lowest BCUT2D eigenvalue weighted by atomic mass is 10.1. The minimum Gasteiger partial charge on any atom is -0.475 e. The van der Waals surface area contributed by atoms with Gasteiger partial charge in [-0.25, -0.2) is 4.98 Å². The Kier molecular flexibility index (Phi) is 6.05. The van der Waals surface area contributed by atoms with E-state index in [0.717, 1.165) is 11.6 Å². The molecule has 0 radical (unpaired) electrons. The van der Waals surface area contributed by atoms with Crippen LogP contribution >= 0.6 is 0 Å². The predicted octanol–water partition coefficient (Wildman–Crippen LogP) is 2.94. The van der Waals surface area contributed by atoms with E-state index in [1.807, 2.05) is 13.0 Å². The summed E-state index contributed by atoms with van der Waals surface area (Å²) in [6.07, 6.45) is 7.77. The first-order valence-electron chi connectivity index (χ1n) is 7.52. The number of methoxy groups -OCH3 is 1. The maximum absolute atomic E-state index is 5.57. The normalized spacial score (nSPS) is 16.7. The van der Waals surface area contributed by atoms with Crippen LogP contribution in [0.3, 0.4) is 0 Å². The Balaban J connectivity index is 1.95. The smallest absolute Gasteiger partial charge is 0.218 e. The average molecular weight is 279 g/mol. The third-order valence-electron chi connectivity index (χ3n) is 3.56. The summed E-state index contributed by atoms with van der Waals surface area (Å²) in [6, 6.07) is 2.41. The lowest BCUT2D eigenvalue weighted by molar-refractivity contribution is 0.143. The molecule has 1 N–H and O–H groups in total.